The lowest BCUT2D eigenvalue weighted by Gasteiger charge is -2.15. The average Bonchev–Trinajstić information content (AvgIpc) is 3.48. The van der Waals surface area contributed by atoms with E-state index in [1.807, 2.05) is 83.4 Å². The van der Waals surface area contributed by atoms with Gasteiger partial charge >= 0.3 is 0 Å². The minimum Gasteiger partial charge on any atom is -0.495 e. The van der Waals surface area contributed by atoms with Crippen molar-refractivity contribution in [3.8, 4) is 17.1 Å². The molecule has 3 heterocycles. The van der Waals surface area contributed by atoms with Crippen LogP contribution in [0, 0.1) is 3.95 Å². The van der Waals surface area contributed by atoms with Crippen molar-refractivity contribution in [1.82, 2.24) is 24.1 Å². The number of aromatic nitrogens is 5. The number of rotatable bonds is 6. The number of ether oxygens (including phenoxy) is 1. The summed E-state index contributed by atoms with van der Waals surface area (Å²) in [6.45, 7) is 0. The number of fused-ring (bicyclic) bond motifs is 2. The van der Waals surface area contributed by atoms with Gasteiger partial charge in [0.05, 0.1) is 29.6 Å². The second-order valence-electron chi connectivity index (χ2n) is 7.89. The number of thiazole rings is 1. The van der Waals surface area contributed by atoms with Crippen LogP contribution >= 0.6 is 35.3 Å². The molecule has 0 spiro atoms. The molecule has 6 rings (SSSR count). The van der Waals surface area contributed by atoms with Gasteiger partial charge in [0.2, 0.25) is 0 Å². The third kappa shape index (κ3) is 3.93. The van der Waals surface area contributed by atoms with Crippen molar-refractivity contribution in [2.24, 2.45) is 0 Å². The van der Waals surface area contributed by atoms with E-state index < -0.39 is 0 Å². The molecule has 0 aliphatic carbocycles. The molecular weight excluding hydrogens is 511 g/mol. The van der Waals surface area contributed by atoms with E-state index in [0.717, 1.165) is 22.5 Å². The van der Waals surface area contributed by atoms with Crippen molar-refractivity contribution in [1.29, 1.82) is 0 Å². The van der Waals surface area contributed by atoms with Crippen LogP contribution in [-0.2, 0) is 5.75 Å². The lowest BCUT2D eigenvalue weighted by molar-refractivity contribution is 0.411. The number of aromatic amines is 1. The fourth-order valence-electron chi connectivity index (χ4n) is 4.07. The SMILES string of the molecule is COc1ccccc1-n1c(SCc2nc3ccccc3[nH]2)nc2c(sc(=S)n2-c2ccccc2)c1=O. The van der Waals surface area contributed by atoms with Gasteiger partial charge < -0.3 is 9.72 Å². The normalized spacial score (nSPS) is 11.4. The quantitative estimate of drug-likeness (QED) is 0.159. The number of H-pyrrole nitrogens is 1. The van der Waals surface area contributed by atoms with E-state index >= 15 is 0 Å². The molecule has 0 radical (unpaired) electrons. The number of nitrogens with one attached hydrogen (secondary N) is 1. The van der Waals surface area contributed by atoms with Crippen LogP contribution in [0.2, 0.25) is 0 Å². The van der Waals surface area contributed by atoms with Crippen LogP contribution in [0.4, 0.5) is 0 Å². The van der Waals surface area contributed by atoms with Crippen molar-refractivity contribution in [2.45, 2.75) is 10.9 Å². The number of benzene rings is 3. The first-order valence-corrected chi connectivity index (χ1v) is 13.3. The Balaban J connectivity index is 1.55. The summed E-state index contributed by atoms with van der Waals surface area (Å²) in [5.41, 5.74) is 3.70. The molecule has 0 saturated carbocycles. The van der Waals surface area contributed by atoms with Crippen LogP contribution in [0.25, 0.3) is 32.8 Å². The Hall–Kier alpha value is -3.73. The summed E-state index contributed by atoms with van der Waals surface area (Å²) in [5, 5.41) is 0.523. The topological polar surface area (TPSA) is 77.7 Å². The maximum atomic E-state index is 13.9. The predicted molar refractivity (Wildman–Crippen MR) is 148 cm³/mol. The first-order chi connectivity index (χ1) is 17.6. The van der Waals surface area contributed by atoms with Gasteiger partial charge in [-0.15, -0.1) is 0 Å². The summed E-state index contributed by atoms with van der Waals surface area (Å²) in [6, 6.07) is 25.0. The highest BCUT2D eigenvalue weighted by molar-refractivity contribution is 7.98. The zero-order chi connectivity index (χ0) is 24.6. The zero-order valence-corrected chi connectivity index (χ0v) is 21.5. The zero-order valence-electron chi connectivity index (χ0n) is 19.0. The number of para-hydroxylation sites is 5. The molecule has 0 saturated heterocycles. The highest BCUT2D eigenvalue weighted by atomic mass is 32.2. The molecule has 6 aromatic rings. The Bertz CT molecular complexity index is 1800. The first-order valence-electron chi connectivity index (χ1n) is 11.1. The fourth-order valence-corrected chi connectivity index (χ4v) is 6.24. The molecule has 178 valence electrons. The lowest BCUT2D eigenvalue weighted by Crippen LogP contribution is -2.22. The maximum Gasteiger partial charge on any atom is 0.278 e. The molecule has 0 amide bonds. The predicted octanol–water partition coefficient (Wildman–Crippen LogP) is 6.14. The number of nitrogens with zero attached hydrogens (tertiary/aromatic N) is 4. The van der Waals surface area contributed by atoms with Crippen LogP contribution in [0.3, 0.4) is 0 Å². The average molecular weight is 530 g/mol. The van der Waals surface area contributed by atoms with Crippen LogP contribution in [0.1, 0.15) is 5.82 Å². The van der Waals surface area contributed by atoms with E-state index in [1.165, 1.54) is 23.1 Å². The van der Waals surface area contributed by atoms with Gasteiger partial charge in [0.1, 0.15) is 16.3 Å². The third-order valence-electron chi connectivity index (χ3n) is 5.69. The fraction of sp³-hybridized carbons (Fsp3) is 0.0769. The number of thioether (sulfide) groups is 1. The minimum atomic E-state index is -0.192. The summed E-state index contributed by atoms with van der Waals surface area (Å²) >= 11 is 8.36. The Morgan fingerprint density at radius 1 is 0.972 bits per heavy atom. The molecule has 10 heteroatoms. The van der Waals surface area contributed by atoms with Crippen molar-refractivity contribution in [2.75, 3.05) is 7.11 Å². The Morgan fingerprint density at radius 2 is 1.72 bits per heavy atom. The number of imidazole rings is 1. The summed E-state index contributed by atoms with van der Waals surface area (Å²) in [7, 11) is 1.59. The van der Waals surface area contributed by atoms with E-state index in [1.54, 1.807) is 11.7 Å². The molecule has 3 aromatic carbocycles. The molecule has 7 nitrogen and oxygen atoms in total. The second-order valence-corrected chi connectivity index (χ2v) is 10.5. The molecule has 0 unspecified atom stereocenters. The smallest absolute Gasteiger partial charge is 0.278 e. The van der Waals surface area contributed by atoms with E-state index in [4.69, 9.17) is 21.9 Å². The molecule has 0 aliphatic heterocycles. The molecule has 0 bridgehead atoms. The first kappa shape index (κ1) is 22.7. The Morgan fingerprint density at radius 3 is 2.53 bits per heavy atom. The summed E-state index contributed by atoms with van der Waals surface area (Å²) in [5.74, 6) is 1.88. The van der Waals surface area contributed by atoms with Gasteiger partial charge in [-0.2, -0.15) is 0 Å². The third-order valence-corrected chi connectivity index (χ3v) is 7.99. The summed E-state index contributed by atoms with van der Waals surface area (Å²) < 4.78 is 10.1. The van der Waals surface area contributed by atoms with Gasteiger partial charge in [-0.05, 0) is 48.6 Å². The van der Waals surface area contributed by atoms with Crippen molar-refractivity contribution >= 4 is 56.7 Å². The second kappa shape index (κ2) is 9.38. The minimum absolute atomic E-state index is 0.192. The largest absolute Gasteiger partial charge is 0.495 e. The lowest BCUT2D eigenvalue weighted by atomic mass is 10.3. The molecule has 1 N–H and O–H groups in total. The van der Waals surface area contributed by atoms with E-state index in [-0.39, 0.29) is 5.56 Å². The van der Waals surface area contributed by atoms with Gasteiger partial charge in [-0.1, -0.05) is 65.6 Å². The molecule has 0 atom stereocenters. The Kier molecular flexibility index (Phi) is 5.92. The van der Waals surface area contributed by atoms with Crippen LogP contribution in [-0.4, -0.2) is 31.2 Å². The van der Waals surface area contributed by atoms with Crippen LogP contribution in [0.5, 0.6) is 5.75 Å². The van der Waals surface area contributed by atoms with E-state index in [9.17, 15) is 4.79 Å². The van der Waals surface area contributed by atoms with Gasteiger partial charge in [-0.3, -0.25) is 13.9 Å². The van der Waals surface area contributed by atoms with E-state index in [2.05, 4.69) is 9.97 Å². The number of methoxy groups -OCH3 is 1. The van der Waals surface area contributed by atoms with Gasteiger partial charge in [-0.25, -0.2) is 9.97 Å². The monoisotopic (exact) mass is 529 g/mol. The van der Waals surface area contributed by atoms with Crippen molar-refractivity contribution < 1.29 is 4.74 Å². The Labute approximate surface area is 219 Å². The summed E-state index contributed by atoms with van der Waals surface area (Å²) in [6.07, 6.45) is 0. The molecule has 0 aliphatic rings. The highest BCUT2D eigenvalue weighted by Crippen LogP contribution is 2.31. The van der Waals surface area contributed by atoms with Crippen LogP contribution < -0.4 is 10.3 Å². The van der Waals surface area contributed by atoms with Gasteiger partial charge in [0.25, 0.3) is 5.56 Å². The van der Waals surface area contributed by atoms with Gasteiger partial charge in [0, 0.05) is 5.69 Å². The molecule has 0 fully saturated rings. The molecular formula is C26H19N5O2S3. The maximum absolute atomic E-state index is 13.9. The molecule has 36 heavy (non-hydrogen) atoms. The van der Waals surface area contributed by atoms with Crippen molar-refractivity contribution in [3.63, 3.8) is 0 Å². The number of hydrogen-bond donors (Lipinski definition) is 1. The number of hydrogen-bond acceptors (Lipinski definition) is 7. The summed E-state index contributed by atoms with van der Waals surface area (Å²) in [4.78, 5) is 27.0. The van der Waals surface area contributed by atoms with Crippen molar-refractivity contribution in [3.05, 3.63) is 99.0 Å². The van der Waals surface area contributed by atoms with Crippen LogP contribution in [0.15, 0.2) is 88.8 Å². The standard InChI is InChI=1S/C26H19N5O2S3/c1-33-20-14-8-7-13-19(20)31-24(32)22-23(30(26(34)36-22)16-9-3-2-4-10-16)29-25(31)35-15-21-27-17-11-5-6-12-18(17)28-21/h2-14H,15H2,1H3,(H,27,28). The molecule has 3 aromatic heterocycles. The van der Waals surface area contributed by atoms with E-state index in [0.29, 0.717) is 36.6 Å². The highest BCUT2D eigenvalue weighted by Gasteiger charge is 2.21. The van der Waals surface area contributed by atoms with Gasteiger partial charge in [0.15, 0.2) is 14.8 Å².